The van der Waals surface area contributed by atoms with E-state index in [4.69, 9.17) is 5.73 Å². The third kappa shape index (κ3) is 4.71. The Kier molecular flexibility index (Phi) is 6.83. The summed E-state index contributed by atoms with van der Waals surface area (Å²) in [6.45, 7) is 6.53. The first-order valence-corrected chi connectivity index (χ1v) is 7.22. The molecule has 0 fully saturated rings. The van der Waals surface area contributed by atoms with Crippen molar-refractivity contribution in [2.24, 2.45) is 5.73 Å². The molecule has 1 rings (SSSR count). The first-order valence-electron chi connectivity index (χ1n) is 7.22. The lowest BCUT2D eigenvalue weighted by molar-refractivity contribution is 0.0933. The van der Waals surface area contributed by atoms with E-state index in [0.717, 1.165) is 30.4 Å². The molecule has 3 heteroatoms. The number of rotatable bonds is 5. The van der Waals surface area contributed by atoms with Crippen molar-refractivity contribution in [3.63, 3.8) is 0 Å². The van der Waals surface area contributed by atoms with Crippen molar-refractivity contribution in [2.45, 2.75) is 46.1 Å². The highest BCUT2D eigenvalue weighted by Crippen LogP contribution is 2.11. The van der Waals surface area contributed by atoms with E-state index in [2.05, 4.69) is 31.0 Å². The maximum Gasteiger partial charge on any atom is 0.251 e. The number of amides is 1. The lowest BCUT2D eigenvalue weighted by atomic mass is 10.0. The van der Waals surface area contributed by atoms with Crippen LogP contribution in [0.4, 0.5) is 0 Å². The van der Waals surface area contributed by atoms with Crippen LogP contribution in [0.5, 0.6) is 0 Å². The van der Waals surface area contributed by atoms with E-state index >= 15 is 0 Å². The van der Waals surface area contributed by atoms with Crippen LogP contribution in [0.25, 0.3) is 0 Å². The molecule has 0 saturated carbocycles. The zero-order valence-corrected chi connectivity index (χ0v) is 12.6. The minimum absolute atomic E-state index is 0.00765. The average molecular weight is 272 g/mol. The van der Waals surface area contributed by atoms with Crippen LogP contribution in [-0.4, -0.2) is 18.5 Å². The van der Waals surface area contributed by atoms with Crippen LogP contribution in [0.2, 0.25) is 0 Å². The Hall–Kier alpha value is -1.79. The summed E-state index contributed by atoms with van der Waals surface area (Å²) in [5.74, 6) is 5.83. The average Bonchev–Trinajstić information content (AvgIpc) is 2.45. The number of hydrogen-bond donors (Lipinski definition) is 2. The van der Waals surface area contributed by atoms with Gasteiger partial charge in [-0.05, 0) is 43.5 Å². The molecule has 0 saturated heterocycles. The summed E-state index contributed by atoms with van der Waals surface area (Å²) in [6.07, 6.45) is 3.05. The minimum atomic E-state index is -0.00765. The minimum Gasteiger partial charge on any atom is -0.349 e. The van der Waals surface area contributed by atoms with Crippen molar-refractivity contribution in [3.05, 3.63) is 34.9 Å². The van der Waals surface area contributed by atoms with Crippen LogP contribution in [-0.2, 0) is 0 Å². The van der Waals surface area contributed by atoms with Crippen molar-refractivity contribution in [1.82, 2.24) is 5.32 Å². The van der Waals surface area contributed by atoms with Gasteiger partial charge in [-0.2, -0.15) is 0 Å². The molecule has 108 valence electrons. The van der Waals surface area contributed by atoms with E-state index in [9.17, 15) is 4.79 Å². The molecule has 0 radical (unpaired) electrons. The van der Waals surface area contributed by atoms with Crippen LogP contribution in [0.1, 0.15) is 54.6 Å². The van der Waals surface area contributed by atoms with Gasteiger partial charge in [-0.25, -0.2) is 0 Å². The molecule has 3 nitrogen and oxygen atoms in total. The van der Waals surface area contributed by atoms with Crippen LogP contribution in [0.3, 0.4) is 0 Å². The highest BCUT2D eigenvalue weighted by molar-refractivity contribution is 5.94. The predicted molar refractivity (Wildman–Crippen MR) is 83.6 cm³/mol. The second-order valence-electron chi connectivity index (χ2n) is 4.90. The monoisotopic (exact) mass is 272 g/mol. The summed E-state index contributed by atoms with van der Waals surface area (Å²) < 4.78 is 0. The first kappa shape index (κ1) is 16.3. The van der Waals surface area contributed by atoms with Gasteiger partial charge in [0, 0.05) is 17.2 Å². The number of nitrogens with two attached hydrogens (primary N) is 1. The zero-order valence-electron chi connectivity index (χ0n) is 12.6. The van der Waals surface area contributed by atoms with Crippen molar-refractivity contribution in [1.29, 1.82) is 0 Å². The van der Waals surface area contributed by atoms with Gasteiger partial charge in [0.2, 0.25) is 0 Å². The van der Waals surface area contributed by atoms with Crippen molar-refractivity contribution in [3.8, 4) is 11.8 Å². The van der Waals surface area contributed by atoms with E-state index in [1.165, 1.54) is 0 Å². The number of benzene rings is 1. The molecule has 1 aromatic rings. The smallest absolute Gasteiger partial charge is 0.251 e. The quantitative estimate of drug-likeness (QED) is 0.810. The summed E-state index contributed by atoms with van der Waals surface area (Å²) in [5.41, 5.74) is 7.98. The normalized spacial score (nSPS) is 11.4. The lowest BCUT2D eigenvalue weighted by Gasteiger charge is -2.16. The SMILES string of the molecule is CCCC(CC)NC(=O)c1ccc(C#CCN)c(C)c1. The lowest BCUT2D eigenvalue weighted by Crippen LogP contribution is -2.34. The number of hydrogen-bond acceptors (Lipinski definition) is 2. The summed E-state index contributed by atoms with van der Waals surface area (Å²) >= 11 is 0. The third-order valence-corrected chi connectivity index (χ3v) is 3.28. The molecule has 3 N–H and O–H groups in total. The first-order chi connectivity index (χ1) is 9.62. The molecule has 0 aromatic heterocycles. The summed E-state index contributed by atoms with van der Waals surface area (Å²) in [7, 11) is 0. The van der Waals surface area contributed by atoms with Crippen LogP contribution in [0.15, 0.2) is 18.2 Å². The summed E-state index contributed by atoms with van der Waals surface area (Å²) in [4.78, 5) is 12.2. The molecule has 1 amide bonds. The molecule has 0 bridgehead atoms. The van der Waals surface area contributed by atoms with Crippen molar-refractivity contribution >= 4 is 5.91 Å². The van der Waals surface area contributed by atoms with Gasteiger partial charge in [0.05, 0.1) is 6.54 Å². The summed E-state index contributed by atoms with van der Waals surface area (Å²) in [5, 5.41) is 3.08. The van der Waals surface area contributed by atoms with Gasteiger partial charge in [-0.15, -0.1) is 0 Å². The van der Waals surface area contributed by atoms with Gasteiger partial charge in [0.1, 0.15) is 0 Å². The fourth-order valence-corrected chi connectivity index (χ4v) is 2.09. The van der Waals surface area contributed by atoms with E-state index in [1.54, 1.807) is 0 Å². The van der Waals surface area contributed by atoms with Gasteiger partial charge in [-0.3, -0.25) is 4.79 Å². The van der Waals surface area contributed by atoms with Gasteiger partial charge < -0.3 is 11.1 Å². The van der Waals surface area contributed by atoms with E-state index < -0.39 is 0 Å². The molecule has 0 aliphatic carbocycles. The largest absolute Gasteiger partial charge is 0.349 e. The van der Waals surface area contributed by atoms with E-state index in [0.29, 0.717) is 12.1 Å². The molecule has 0 heterocycles. The second-order valence-corrected chi connectivity index (χ2v) is 4.90. The van der Waals surface area contributed by atoms with Crippen molar-refractivity contribution in [2.75, 3.05) is 6.54 Å². The Morgan fingerprint density at radius 1 is 1.40 bits per heavy atom. The predicted octanol–water partition coefficient (Wildman–Crippen LogP) is 2.61. The number of carbonyl (C=O) groups excluding carboxylic acids is 1. The fourth-order valence-electron chi connectivity index (χ4n) is 2.09. The topological polar surface area (TPSA) is 55.1 Å². The Bertz CT molecular complexity index is 511. The molecule has 1 unspecified atom stereocenters. The third-order valence-electron chi connectivity index (χ3n) is 3.28. The number of carbonyl (C=O) groups is 1. The van der Waals surface area contributed by atoms with Gasteiger partial charge in [0.15, 0.2) is 0 Å². The highest BCUT2D eigenvalue weighted by atomic mass is 16.1. The molecule has 0 aliphatic heterocycles. The number of nitrogens with one attached hydrogen (secondary N) is 1. The fraction of sp³-hybridized carbons (Fsp3) is 0.471. The van der Waals surface area contributed by atoms with Crippen LogP contribution < -0.4 is 11.1 Å². The Balaban J connectivity index is 2.81. The maximum atomic E-state index is 12.2. The molecular weight excluding hydrogens is 248 g/mol. The Morgan fingerprint density at radius 3 is 2.70 bits per heavy atom. The molecule has 1 atom stereocenters. The highest BCUT2D eigenvalue weighted by Gasteiger charge is 2.12. The van der Waals surface area contributed by atoms with Crippen molar-refractivity contribution < 1.29 is 4.79 Å². The molecule has 1 aromatic carbocycles. The van der Waals surface area contributed by atoms with Gasteiger partial charge >= 0.3 is 0 Å². The molecular formula is C17H24N2O. The molecule has 0 spiro atoms. The van der Waals surface area contributed by atoms with E-state index in [-0.39, 0.29) is 11.9 Å². The Morgan fingerprint density at radius 2 is 2.15 bits per heavy atom. The summed E-state index contributed by atoms with van der Waals surface area (Å²) in [6, 6.07) is 5.84. The number of aryl methyl sites for hydroxylation is 1. The van der Waals surface area contributed by atoms with Gasteiger partial charge in [0.25, 0.3) is 5.91 Å². The molecule has 20 heavy (non-hydrogen) atoms. The van der Waals surface area contributed by atoms with Gasteiger partial charge in [-0.1, -0.05) is 32.1 Å². The standard InChI is InChI=1S/C17H24N2O/c1-4-7-16(5-2)19-17(20)15-10-9-14(8-6-11-18)13(3)12-15/h9-10,12,16H,4-5,7,11,18H2,1-3H3,(H,19,20). The van der Waals surface area contributed by atoms with Crippen LogP contribution >= 0.6 is 0 Å². The second kappa shape index (κ2) is 8.39. The maximum absolute atomic E-state index is 12.2. The molecule has 0 aliphatic rings. The Labute approximate surface area is 121 Å². The van der Waals surface area contributed by atoms with E-state index in [1.807, 2.05) is 25.1 Å². The van der Waals surface area contributed by atoms with Crippen LogP contribution in [0, 0.1) is 18.8 Å². The zero-order chi connectivity index (χ0) is 15.0.